The van der Waals surface area contributed by atoms with Crippen molar-refractivity contribution in [2.45, 2.75) is 19.1 Å². The highest BCUT2D eigenvalue weighted by Gasteiger charge is 2.37. The number of methoxy groups -OCH3 is 1. The van der Waals surface area contributed by atoms with Gasteiger partial charge in [0.1, 0.15) is 11.8 Å². The average molecular weight is 592 g/mol. The molecule has 0 fully saturated rings. The first-order chi connectivity index (χ1) is 19.1. The second kappa shape index (κ2) is 14.9. The molecule has 3 aromatic carbocycles. The molecule has 0 bridgehead atoms. The Morgan fingerprint density at radius 1 is 0.825 bits per heavy atom. The van der Waals surface area contributed by atoms with Gasteiger partial charge in [-0.05, 0) is 41.8 Å². The Labute approximate surface area is 231 Å². The van der Waals surface area contributed by atoms with Crippen molar-refractivity contribution >= 4 is 27.5 Å². The number of hydrogen-bond acceptors (Lipinski definition) is 8. The van der Waals surface area contributed by atoms with E-state index in [-0.39, 0.29) is 18.7 Å². The Balaban J connectivity index is 1.60. The first-order valence-electron chi connectivity index (χ1n) is 12.0. The molecule has 0 radical (unpaired) electrons. The fraction of sp³-hybridized carbons (Fsp3) is 0.231. The van der Waals surface area contributed by atoms with Crippen molar-refractivity contribution in [1.82, 2.24) is 10.6 Å². The standard InChI is InChI=1S/C26H30N2O10P2/c1-35-23-14-12-20(13-15-23)16-17-27-26(30)24(28-25(29)22-10-6-3-7-11-22)19-37-40(33,34)38-39(31,32)36-18-21-8-4-2-5-9-21/h2-15,24H,16-19H2,1H3,(H,27,30)(H,28,29)(H,31,32)(H,33,34)/t24-/m0/s1. The molecule has 0 aliphatic carbocycles. The lowest BCUT2D eigenvalue weighted by Crippen LogP contribution is -2.49. The van der Waals surface area contributed by atoms with E-state index in [9.17, 15) is 28.5 Å². The third kappa shape index (κ3) is 10.7. The first-order valence-corrected chi connectivity index (χ1v) is 15.0. The molecule has 3 aromatic rings. The Bertz CT molecular complexity index is 1340. The minimum Gasteiger partial charge on any atom is -0.497 e. The quantitative estimate of drug-likeness (QED) is 0.191. The van der Waals surface area contributed by atoms with E-state index in [1.165, 1.54) is 12.1 Å². The Morgan fingerprint density at radius 2 is 1.43 bits per heavy atom. The maximum absolute atomic E-state index is 12.9. The highest BCUT2D eigenvalue weighted by Crippen LogP contribution is 2.60. The van der Waals surface area contributed by atoms with Gasteiger partial charge in [-0.2, -0.15) is 4.31 Å². The van der Waals surface area contributed by atoms with Crippen LogP contribution in [-0.2, 0) is 40.3 Å². The van der Waals surface area contributed by atoms with Crippen molar-refractivity contribution in [2.75, 3.05) is 20.3 Å². The van der Waals surface area contributed by atoms with E-state index in [0.29, 0.717) is 17.7 Å². The number of ether oxygens (including phenoxy) is 1. The molecule has 12 nitrogen and oxygen atoms in total. The maximum Gasteiger partial charge on any atom is 0.481 e. The van der Waals surface area contributed by atoms with E-state index >= 15 is 0 Å². The van der Waals surface area contributed by atoms with E-state index in [1.807, 2.05) is 12.1 Å². The van der Waals surface area contributed by atoms with Gasteiger partial charge in [0.15, 0.2) is 0 Å². The summed E-state index contributed by atoms with van der Waals surface area (Å²) >= 11 is 0. The van der Waals surface area contributed by atoms with Crippen molar-refractivity contribution in [3.05, 3.63) is 102 Å². The van der Waals surface area contributed by atoms with Crippen LogP contribution in [-0.4, -0.2) is 47.9 Å². The van der Waals surface area contributed by atoms with Crippen molar-refractivity contribution < 1.29 is 46.6 Å². The molecule has 0 aliphatic heterocycles. The van der Waals surface area contributed by atoms with Crippen LogP contribution >= 0.6 is 15.6 Å². The van der Waals surface area contributed by atoms with Gasteiger partial charge in [-0.3, -0.25) is 18.6 Å². The number of carbonyl (C=O) groups is 2. The second-order valence-corrected chi connectivity index (χ2v) is 11.4. The molecule has 0 saturated heterocycles. The lowest BCUT2D eigenvalue weighted by molar-refractivity contribution is -0.123. The van der Waals surface area contributed by atoms with Gasteiger partial charge in [0.25, 0.3) is 5.91 Å². The Kier molecular flexibility index (Phi) is 11.6. The highest BCUT2D eigenvalue weighted by atomic mass is 31.3. The zero-order valence-corrected chi connectivity index (χ0v) is 23.3. The number of nitrogens with one attached hydrogen (secondary N) is 2. The van der Waals surface area contributed by atoms with E-state index in [0.717, 1.165) is 5.56 Å². The van der Waals surface area contributed by atoms with E-state index in [4.69, 9.17) is 13.8 Å². The predicted octanol–water partition coefficient (Wildman–Crippen LogP) is 3.60. The molecule has 3 rings (SSSR count). The van der Waals surface area contributed by atoms with Crippen LogP contribution in [0.3, 0.4) is 0 Å². The summed E-state index contributed by atoms with van der Waals surface area (Å²) in [5, 5.41) is 5.07. The molecular formula is C26H30N2O10P2. The number of phosphoric ester groups is 2. The fourth-order valence-corrected chi connectivity index (χ4v) is 5.41. The van der Waals surface area contributed by atoms with Crippen LogP contribution in [0.25, 0.3) is 0 Å². The van der Waals surface area contributed by atoms with E-state index in [1.54, 1.807) is 67.8 Å². The summed E-state index contributed by atoms with van der Waals surface area (Å²) in [6.45, 7) is -1.05. The number of rotatable bonds is 15. The van der Waals surface area contributed by atoms with Crippen LogP contribution in [0.4, 0.5) is 0 Å². The molecule has 0 aromatic heterocycles. The summed E-state index contributed by atoms with van der Waals surface area (Å²) in [7, 11) is -8.69. The highest BCUT2D eigenvalue weighted by molar-refractivity contribution is 7.61. The molecule has 2 amide bonds. The van der Waals surface area contributed by atoms with Crippen LogP contribution in [0, 0.1) is 0 Å². The van der Waals surface area contributed by atoms with E-state index < -0.39 is 40.1 Å². The Morgan fingerprint density at radius 3 is 2.05 bits per heavy atom. The minimum absolute atomic E-state index is 0.176. The zero-order chi connectivity index (χ0) is 29.0. The van der Waals surface area contributed by atoms with Crippen LogP contribution in [0.1, 0.15) is 21.5 Å². The summed E-state index contributed by atoms with van der Waals surface area (Å²) in [4.78, 5) is 45.5. The summed E-state index contributed by atoms with van der Waals surface area (Å²) in [6, 6.07) is 22.0. The molecule has 0 aliphatic rings. The topological polar surface area (TPSA) is 170 Å². The van der Waals surface area contributed by atoms with E-state index in [2.05, 4.69) is 14.9 Å². The van der Waals surface area contributed by atoms with Crippen molar-refractivity contribution in [3.63, 3.8) is 0 Å². The van der Waals surface area contributed by atoms with Crippen LogP contribution in [0.15, 0.2) is 84.9 Å². The molecule has 3 atom stereocenters. The molecule has 40 heavy (non-hydrogen) atoms. The maximum atomic E-state index is 12.9. The summed E-state index contributed by atoms with van der Waals surface area (Å²) in [6.07, 6.45) is 0.448. The zero-order valence-electron chi connectivity index (χ0n) is 21.5. The molecule has 14 heteroatoms. The third-order valence-electron chi connectivity index (χ3n) is 5.38. The SMILES string of the molecule is COc1ccc(CCNC(=O)[C@H](COP(=O)(O)OP(=O)(O)OCc2ccccc2)NC(=O)c2ccccc2)cc1. The molecular weight excluding hydrogens is 562 g/mol. The molecule has 214 valence electrons. The van der Waals surface area contributed by atoms with Crippen LogP contribution < -0.4 is 15.4 Å². The van der Waals surface area contributed by atoms with Gasteiger partial charge in [-0.25, -0.2) is 9.13 Å². The lowest BCUT2D eigenvalue weighted by Gasteiger charge is -2.21. The fourth-order valence-electron chi connectivity index (χ4n) is 3.34. The summed E-state index contributed by atoms with van der Waals surface area (Å²) in [5.74, 6) is -0.681. The minimum atomic E-state index is -5.21. The molecule has 0 saturated carbocycles. The molecule has 2 unspecified atom stereocenters. The van der Waals surface area contributed by atoms with Crippen molar-refractivity contribution in [1.29, 1.82) is 0 Å². The van der Waals surface area contributed by atoms with Crippen molar-refractivity contribution in [3.8, 4) is 5.75 Å². The Hall–Kier alpha value is -3.34. The normalized spacial score (nSPS) is 14.8. The number of carbonyl (C=O) groups excluding carboxylic acids is 2. The number of phosphoric acid groups is 2. The predicted molar refractivity (Wildman–Crippen MR) is 145 cm³/mol. The largest absolute Gasteiger partial charge is 0.497 e. The molecule has 4 N–H and O–H groups in total. The number of benzene rings is 3. The number of amides is 2. The summed E-state index contributed by atoms with van der Waals surface area (Å²) in [5.41, 5.74) is 1.66. The molecule has 0 heterocycles. The van der Waals surface area contributed by atoms with Gasteiger partial charge >= 0.3 is 15.6 Å². The number of hydrogen-bond donors (Lipinski definition) is 4. The lowest BCUT2D eigenvalue weighted by atomic mass is 10.1. The third-order valence-corrected chi connectivity index (χ3v) is 7.96. The molecule has 0 spiro atoms. The second-order valence-electron chi connectivity index (χ2n) is 8.35. The first kappa shape index (κ1) is 31.2. The average Bonchev–Trinajstić information content (AvgIpc) is 2.95. The summed E-state index contributed by atoms with van der Waals surface area (Å²) < 4.78 is 43.7. The van der Waals surface area contributed by atoms with Crippen LogP contribution in [0.2, 0.25) is 0 Å². The van der Waals surface area contributed by atoms with Gasteiger partial charge in [-0.15, -0.1) is 0 Å². The van der Waals surface area contributed by atoms with Gasteiger partial charge in [0.2, 0.25) is 5.91 Å². The van der Waals surface area contributed by atoms with Crippen molar-refractivity contribution in [2.24, 2.45) is 0 Å². The monoisotopic (exact) mass is 592 g/mol. The van der Waals surface area contributed by atoms with Gasteiger partial charge in [-0.1, -0.05) is 60.7 Å². The van der Waals surface area contributed by atoms with Gasteiger partial charge in [0, 0.05) is 12.1 Å². The van der Waals surface area contributed by atoms with Gasteiger partial charge in [0.05, 0.1) is 20.3 Å². The van der Waals surface area contributed by atoms with Gasteiger partial charge < -0.3 is 25.2 Å². The smallest absolute Gasteiger partial charge is 0.481 e. The van der Waals surface area contributed by atoms with Crippen LogP contribution in [0.5, 0.6) is 5.75 Å².